The number of hydrogen-bond acceptors (Lipinski definition) is 2. The number of rotatable bonds is 6. The zero-order valence-corrected chi connectivity index (χ0v) is 14.8. The Hall–Kier alpha value is -2.07. The van der Waals surface area contributed by atoms with Crippen LogP contribution in [0.5, 0.6) is 0 Å². The van der Waals surface area contributed by atoms with Gasteiger partial charge in [-0.2, -0.15) is 0 Å². The van der Waals surface area contributed by atoms with Crippen molar-refractivity contribution in [3.8, 4) is 0 Å². The third-order valence-corrected chi connectivity index (χ3v) is 4.03. The van der Waals surface area contributed by atoms with Gasteiger partial charge in [0.2, 0.25) is 5.91 Å². The average Bonchev–Trinajstić information content (AvgIpc) is 2.53. The Bertz CT molecular complexity index is 671. The first kappa shape index (κ1) is 20.0. The van der Waals surface area contributed by atoms with Gasteiger partial charge in [0.1, 0.15) is 5.82 Å². The second kappa shape index (κ2) is 8.69. The predicted molar refractivity (Wildman–Crippen MR) is 98.9 cm³/mol. The Kier molecular flexibility index (Phi) is 7.23. The van der Waals surface area contributed by atoms with E-state index >= 15 is 0 Å². The van der Waals surface area contributed by atoms with E-state index < -0.39 is 0 Å². The van der Waals surface area contributed by atoms with Crippen LogP contribution >= 0.6 is 12.4 Å². The van der Waals surface area contributed by atoms with Crippen LogP contribution in [0.15, 0.2) is 48.5 Å². The van der Waals surface area contributed by atoms with Gasteiger partial charge in [0.05, 0.1) is 0 Å². The molecule has 1 amide bonds. The van der Waals surface area contributed by atoms with Crippen molar-refractivity contribution in [2.45, 2.75) is 32.1 Å². The number of nitrogen functional groups attached to an aromatic ring is 1. The first-order valence-electron chi connectivity index (χ1n) is 7.74. The monoisotopic (exact) mass is 350 g/mol. The van der Waals surface area contributed by atoms with Crippen LogP contribution in [0.25, 0.3) is 0 Å². The van der Waals surface area contributed by atoms with Gasteiger partial charge in [-0.1, -0.05) is 44.2 Å². The third kappa shape index (κ3) is 5.53. The maximum absolute atomic E-state index is 13.0. The van der Waals surface area contributed by atoms with Crippen molar-refractivity contribution < 1.29 is 9.18 Å². The molecule has 0 spiro atoms. The van der Waals surface area contributed by atoms with E-state index in [1.54, 1.807) is 12.1 Å². The molecule has 0 saturated carbocycles. The van der Waals surface area contributed by atoms with E-state index in [1.807, 2.05) is 38.1 Å². The summed E-state index contributed by atoms with van der Waals surface area (Å²) in [5, 5.41) is 2.95. The number of amides is 1. The molecule has 0 aliphatic rings. The van der Waals surface area contributed by atoms with Crippen LogP contribution in [0.1, 0.15) is 31.4 Å². The van der Waals surface area contributed by atoms with Gasteiger partial charge >= 0.3 is 0 Å². The van der Waals surface area contributed by atoms with E-state index in [0.29, 0.717) is 25.1 Å². The molecule has 0 unspecified atom stereocenters. The van der Waals surface area contributed by atoms with Crippen LogP contribution in [0.2, 0.25) is 0 Å². The molecule has 0 bridgehead atoms. The highest BCUT2D eigenvalue weighted by Crippen LogP contribution is 2.22. The number of nitrogens with one attached hydrogen (secondary N) is 1. The van der Waals surface area contributed by atoms with Crippen LogP contribution in [-0.4, -0.2) is 12.5 Å². The molecule has 0 radical (unpaired) electrons. The molecule has 0 atom stereocenters. The van der Waals surface area contributed by atoms with E-state index in [1.165, 1.54) is 12.1 Å². The molecule has 24 heavy (non-hydrogen) atoms. The SMILES string of the molecule is CC(C)(CNC(=O)CCc1ccccc1N)c1ccc(F)cc1.Cl. The molecule has 3 nitrogen and oxygen atoms in total. The minimum Gasteiger partial charge on any atom is -0.399 e. The first-order valence-corrected chi connectivity index (χ1v) is 7.74. The summed E-state index contributed by atoms with van der Waals surface area (Å²) in [6.07, 6.45) is 1.02. The number of para-hydroxylation sites is 1. The van der Waals surface area contributed by atoms with Gasteiger partial charge in [-0.25, -0.2) is 4.39 Å². The Labute approximate surface area is 148 Å². The van der Waals surface area contributed by atoms with Gasteiger partial charge in [-0.3, -0.25) is 4.79 Å². The van der Waals surface area contributed by atoms with Gasteiger partial charge in [-0.05, 0) is 35.7 Å². The van der Waals surface area contributed by atoms with E-state index in [4.69, 9.17) is 5.73 Å². The van der Waals surface area contributed by atoms with Crippen LogP contribution in [0.3, 0.4) is 0 Å². The lowest BCUT2D eigenvalue weighted by atomic mass is 9.84. The van der Waals surface area contributed by atoms with Crippen LogP contribution in [-0.2, 0) is 16.6 Å². The Morgan fingerprint density at radius 2 is 1.75 bits per heavy atom. The molecule has 2 aromatic carbocycles. The molecule has 2 rings (SSSR count). The first-order chi connectivity index (χ1) is 10.9. The maximum atomic E-state index is 13.0. The van der Waals surface area contributed by atoms with Gasteiger partial charge in [0.15, 0.2) is 0 Å². The molecule has 0 aliphatic carbocycles. The minimum atomic E-state index is -0.256. The molecule has 3 N–H and O–H groups in total. The summed E-state index contributed by atoms with van der Waals surface area (Å²) in [4.78, 5) is 12.0. The van der Waals surface area contributed by atoms with Crippen molar-refractivity contribution in [1.82, 2.24) is 5.32 Å². The highest BCUT2D eigenvalue weighted by Gasteiger charge is 2.21. The van der Waals surface area contributed by atoms with Gasteiger partial charge in [0.25, 0.3) is 0 Å². The van der Waals surface area contributed by atoms with E-state index in [9.17, 15) is 9.18 Å². The van der Waals surface area contributed by atoms with Crippen LogP contribution in [0.4, 0.5) is 10.1 Å². The van der Waals surface area contributed by atoms with Gasteiger partial charge in [0, 0.05) is 24.1 Å². The predicted octanol–water partition coefficient (Wildman–Crippen LogP) is 3.86. The summed E-state index contributed by atoms with van der Waals surface area (Å²) in [5.41, 5.74) is 8.31. The number of nitrogens with two attached hydrogens (primary N) is 1. The minimum absolute atomic E-state index is 0. The Balaban J connectivity index is 0.00000288. The van der Waals surface area contributed by atoms with Crippen molar-refractivity contribution in [3.05, 3.63) is 65.5 Å². The van der Waals surface area contributed by atoms with Crippen molar-refractivity contribution in [2.24, 2.45) is 0 Å². The highest BCUT2D eigenvalue weighted by atomic mass is 35.5. The van der Waals surface area contributed by atoms with E-state index in [2.05, 4.69) is 5.32 Å². The van der Waals surface area contributed by atoms with E-state index in [-0.39, 0.29) is 29.5 Å². The topological polar surface area (TPSA) is 55.1 Å². The molecule has 0 saturated heterocycles. The van der Waals surface area contributed by atoms with Crippen LogP contribution < -0.4 is 11.1 Å². The molecule has 0 aromatic heterocycles. The molecular weight excluding hydrogens is 327 g/mol. The standard InChI is InChI=1S/C19H23FN2O.ClH/c1-19(2,15-8-10-16(20)11-9-15)13-22-18(23)12-7-14-5-3-4-6-17(14)21;/h3-6,8-11H,7,12-13,21H2,1-2H3,(H,22,23);1H. The summed E-state index contributed by atoms with van der Waals surface area (Å²) in [6, 6.07) is 14.0. The quantitative estimate of drug-likeness (QED) is 0.777. The third-order valence-electron chi connectivity index (χ3n) is 4.03. The smallest absolute Gasteiger partial charge is 0.220 e. The highest BCUT2D eigenvalue weighted by molar-refractivity contribution is 5.85. The largest absolute Gasteiger partial charge is 0.399 e. The fraction of sp³-hybridized carbons (Fsp3) is 0.316. The molecule has 0 fully saturated rings. The summed E-state index contributed by atoms with van der Waals surface area (Å²) in [5.74, 6) is -0.266. The van der Waals surface area contributed by atoms with Gasteiger partial charge in [-0.15, -0.1) is 12.4 Å². The number of aryl methyl sites for hydroxylation is 1. The van der Waals surface area contributed by atoms with Crippen molar-refractivity contribution in [1.29, 1.82) is 0 Å². The van der Waals surface area contributed by atoms with Crippen molar-refractivity contribution in [3.63, 3.8) is 0 Å². The lowest BCUT2D eigenvalue weighted by molar-refractivity contribution is -0.121. The number of benzene rings is 2. The molecular formula is C19H24ClFN2O. The van der Waals surface area contributed by atoms with Crippen molar-refractivity contribution >= 4 is 24.0 Å². The molecule has 5 heteroatoms. The number of anilines is 1. The number of halogens is 2. The molecule has 130 valence electrons. The average molecular weight is 351 g/mol. The van der Waals surface area contributed by atoms with Crippen molar-refractivity contribution in [2.75, 3.05) is 12.3 Å². The lowest BCUT2D eigenvalue weighted by Crippen LogP contribution is -2.36. The second-order valence-electron chi connectivity index (χ2n) is 6.37. The Morgan fingerprint density at radius 1 is 1.12 bits per heavy atom. The summed E-state index contributed by atoms with van der Waals surface area (Å²) < 4.78 is 13.0. The summed E-state index contributed by atoms with van der Waals surface area (Å²) >= 11 is 0. The fourth-order valence-corrected chi connectivity index (χ4v) is 2.42. The fourth-order valence-electron chi connectivity index (χ4n) is 2.42. The zero-order chi connectivity index (χ0) is 16.9. The summed E-state index contributed by atoms with van der Waals surface area (Å²) in [6.45, 7) is 4.55. The van der Waals surface area contributed by atoms with Crippen LogP contribution in [0, 0.1) is 5.82 Å². The lowest BCUT2D eigenvalue weighted by Gasteiger charge is -2.25. The molecule has 0 heterocycles. The molecule has 2 aromatic rings. The van der Waals surface area contributed by atoms with Gasteiger partial charge < -0.3 is 11.1 Å². The number of carbonyl (C=O) groups excluding carboxylic acids is 1. The maximum Gasteiger partial charge on any atom is 0.220 e. The molecule has 0 aliphatic heterocycles. The zero-order valence-electron chi connectivity index (χ0n) is 14.0. The van der Waals surface area contributed by atoms with E-state index in [0.717, 1.165) is 11.1 Å². The number of hydrogen-bond donors (Lipinski definition) is 2. The second-order valence-corrected chi connectivity index (χ2v) is 6.37. The summed E-state index contributed by atoms with van der Waals surface area (Å²) in [7, 11) is 0. The number of carbonyl (C=O) groups is 1. The normalized spacial score (nSPS) is 10.8. The Morgan fingerprint density at radius 3 is 2.38 bits per heavy atom.